The molecule has 0 bridgehead atoms. The normalized spacial score (nSPS) is 10.8. The number of aryl methyl sites for hydroxylation is 2. The Balaban J connectivity index is 1.81. The number of imidazole rings is 1. The van der Waals surface area contributed by atoms with Crippen molar-refractivity contribution in [3.8, 4) is 0 Å². The summed E-state index contributed by atoms with van der Waals surface area (Å²) in [5, 5.41) is 8.67. The van der Waals surface area contributed by atoms with Crippen LogP contribution in [0.5, 0.6) is 0 Å². The van der Waals surface area contributed by atoms with E-state index in [0.29, 0.717) is 0 Å². The quantitative estimate of drug-likeness (QED) is 0.751. The van der Waals surface area contributed by atoms with Crippen LogP contribution in [0.1, 0.15) is 21.9 Å². The molecular weight excluding hydrogens is 282 g/mol. The number of aromatic nitrogens is 4. The van der Waals surface area contributed by atoms with Crippen molar-refractivity contribution in [3.63, 3.8) is 0 Å². The number of hydrogen-bond donors (Lipinski definition) is 2. The molecule has 3 rings (SSSR count). The molecule has 0 spiro atoms. The predicted octanol–water partition coefficient (Wildman–Crippen LogP) is 0.895. The van der Waals surface area contributed by atoms with Crippen molar-refractivity contribution in [2.24, 2.45) is 7.05 Å². The lowest BCUT2D eigenvalue weighted by Crippen LogP contribution is -2.26. The fourth-order valence-corrected chi connectivity index (χ4v) is 2.39. The van der Waals surface area contributed by atoms with Crippen LogP contribution in [-0.2, 0) is 13.6 Å². The number of fused-ring (bicyclic) bond motifs is 1. The van der Waals surface area contributed by atoms with E-state index in [2.05, 4.69) is 20.5 Å². The topological polar surface area (TPSA) is 92.7 Å². The zero-order valence-corrected chi connectivity index (χ0v) is 12.3. The van der Waals surface area contributed by atoms with Crippen LogP contribution in [0.3, 0.4) is 0 Å². The number of amides is 1. The molecule has 0 aliphatic carbocycles. The average Bonchev–Trinajstić information content (AvgIpc) is 2.83. The minimum Gasteiger partial charge on any atom is -0.343 e. The molecule has 0 saturated carbocycles. The van der Waals surface area contributed by atoms with Gasteiger partial charge in [0.1, 0.15) is 11.5 Å². The molecule has 2 N–H and O–H groups in total. The highest BCUT2D eigenvalue weighted by Crippen LogP contribution is 2.18. The summed E-state index contributed by atoms with van der Waals surface area (Å²) in [6.07, 6.45) is 0. The Morgan fingerprint density at radius 3 is 2.82 bits per heavy atom. The van der Waals surface area contributed by atoms with Crippen LogP contribution in [0.25, 0.3) is 11.0 Å². The van der Waals surface area contributed by atoms with Gasteiger partial charge in [-0.05, 0) is 24.6 Å². The van der Waals surface area contributed by atoms with Crippen LogP contribution in [0.15, 0.2) is 35.1 Å². The Morgan fingerprint density at radius 1 is 1.32 bits per heavy atom. The molecule has 0 aliphatic heterocycles. The Bertz CT molecular complexity index is 889. The number of benzene rings is 1. The third kappa shape index (κ3) is 2.48. The summed E-state index contributed by atoms with van der Waals surface area (Å²) in [4.78, 5) is 27.4. The first-order valence-electron chi connectivity index (χ1n) is 6.81. The molecule has 7 nitrogen and oxygen atoms in total. The molecule has 112 valence electrons. The van der Waals surface area contributed by atoms with Crippen molar-refractivity contribution in [2.75, 3.05) is 0 Å². The van der Waals surface area contributed by atoms with Gasteiger partial charge in [0.2, 0.25) is 0 Å². The van der Waals surface area contributed by atoms with E-state index in [1.807, 2.05) is 36.7 Å². The van der Waals surface area contributed by atoms with Gasteiger partial charge in [-0.25, -0.2) is 10.1 Å². The van der Waals surface area contributed by atoms with Crippen LogP contribution in [0.4, 0.5) is 0 Å². The fourth-order valence-electron chi connectivity index (χ4n) is 2.39. The van der Waals surface area contributed by atoms with E-state index >= 15 is 0 Å². The number of para-hydroxylation sites is 1. The number of rotatable bonds is 3. The van der Waals surface area contributed by atoms with Crippen molar-refractivity contribution in [1.29, 1.82) is 0 Å². The Morgan fingerprint density at radius 2 is 2.14 bits per heavy atom. The number of hydrogen-bond acceptors (Lipinski definition) is 4. The SMILES string of the molecule is Cc1cccc2nc(CNC(=O)c3ccc(=O)[nH]n3)n(C)c12. The molecule has 1 amide bonds. The smallest absolute Gasteiger partial charge is 0.272 e. The zero-order valence-electron chi connectivity index (χ0n) is 12.3. The molecule has 22 heavy (non-hydrogen) atoms. The number of carbonyl (C=O) groups is 1. The second-order valence-electron chi connectivity index (χ2n) is 5.02. The van der Waals surface area contributed by atoms with Crippen molar-refractivity contribution in [2.45, 2.75) is 13.5 Å². The number of carbonyl (C=O) groups excluding carboxylic acids is 1. The van der Waals surface area contributed by atoms with E-state index in [9.17, 15) is 9.59 Å². The van der Waals surface area contributed by atoms with Gasteiger partial charge in [0.25, 0.3) is 11.5 Å². The molecule has 7 heteroatoms. The van der Waals surface area contributed by atoms with Crippen molar-refractivity contribution >= 4 is 16.9 Å². The second-order valence-corrected chi connectivity index (χ2v) is 5.02. The highest BCUT2D eigenvalue weighted by Gasteiger charge is 2.12. The molecule has 2 aromatic heterocycles. The van der Waals surface area contributed by atoms with Gasteiger partial charge >= 0.3 is 0 Å². The molecule has 0 unspecified atom stereocenters. The molecule has 0 radical (unpaired) electrons. The maximum absolute atomic E-state index is 12.0. The average molecular weight is 297 g/mol. The summed E-state index contributed by atoms with van der Waals surface area (Å²) < 4.78 is 1.96. The van der Waals surface area contributed by atoms with Gasteiger partial charge in [-0.2, -0.15) is 5.10 Å². The first-order chi connectivity index (χ1) is 10.6. The van der Waals surface area contributed by atoms with Crippen molar-refractivity contribution in [1.82, 2.24) is 25.1 Å². The lowest BCUT2D eigenvalue weighted by atomic mass is 10.2. The van der Waals surface area contributed by atoms with Crippen molar-refractivity contribution in [3.05, 3.63) is 57.8 Å². The lowest BCUT2D eigenvalue weighted by Gasteiger charge is -2.05. The zero-order chi connectivity index (χ0) is 15.7. The summed E-state index contributed by atoms with van der Waals surface area (Å²) in [7, 11) is 1.92. The van der Waals surface area contributed by atoms with E-state index in [1.165, 1.54) is 12.1 Å². The van der Waals surface area contributed by atoms with Gasteiger partial charge in [0.05, 0.1) is 17.6 Å². The fraction of sp³-hybridized carbons (Fsp3) is 0.200. The molecule has 3 aromatic rings. The molecule has 0 fully saturated rings. The van der Waals surface area contributed by atoms with E-state index in [1.54, 1.807) is 0 Å². The first kappa shape index (κ1) is 14.0. The van der Waals surface area contributed by atoms with Gasteiger partial charge in [-0.1, -0.05) is 12.1 Å². The summed E-state index contributed by atoms with van der Waals surface area (Å²) in [6.45, 7) is 2.31. The van der Waals surface area contributed by atoms with Gasteiger partial charge in [-0.3, -0.25) is 9.59 Å². The van der Waals surface area contributed by atoms with Crippen LogP contribution in [-0.4, -0.2) is 25.7 Å². The summed E-state index contributed by atoms with van der Waals surface area (Å²) >= 11 is 0. The van der Waals surface area contributed by atoms with E-state index in [0.717, 1.165) is 22.4 Å². The number of nitrogens with zero attached hydrogens (tertiary/aromatic N) is 3. The summed E-state index contributed by atoms with van der Waals surface area (Å²) in [5.41, 5.74) is 2.90. The largest absolute Gasteiger partial charge is 0.343 e. The van der Waals surface area contributed by atoms with Gasteiger partial charge in [0.15, 0.2) is 0 Å². The Labute approximate surface area is 126 Å². The van der Waals surface area contributed by atoms with Gasteiger partial charge in [-0.15, -0.1) is 0 Å². The Kier molecular flexibility index (Phi) is 3.46. The van der Waals surface area contributed by atoms with Crippen LogP contribution >= 0.6 is 0 Å². The number of aromatic amines is 1. The molecule has 0 atom stereocenters. The first-order valence-corrected chi connectivity index (χ1v) is 6.81. The van der Waals surface area contributed by atoms with E-state index < -0.39 is 0 Å². The third-order valence-corrected chi connectivity index (χ3v) is 3.51. The molecule has 1 aromatic carbocycles. The number of H-pyrrole nitrogens is 1. The molecular formula is C15H15N5O2. The standard InChI is InChI=1S/C15H15N5O2/c1-9-4-3-5-10-14(9)20(2)12(17-10)8-16-15(22)11-6-7-13(21)19-18-11/h3-7H,8H2,1-2H3,(H,16,22)(H,19,21). The Hall–Kier alpha value is -2.96. The summed E-state index contributed by atoms with van der Waals surface area (Å²) in [5.74, 6) is 0.391. The van der Waals surface area contributed by atoms with Crippen molar-refractivity contribution < 1.29 is 4.79 Å². The molecule has 2 heterocycles. The highest BCUT2D eigenvalue weighted by atomic mass is 16.2. The van der Waals surface area contributed by atoms with E-state index in [-0.39, 0.29) is 23.7 Å². The minimum absolute atomic E-state index is 0.162. The number of nitrogens with one attached hydrogen (secondary N) is 2. The summed E-state index contributed by atoms with van der Waals surface area (Å²) in [6, 6.07) is 8.57. The maximum atomic E-state index is 12.0. The third-order valence-electron chi connectivity index (χ3n) is 3.51. The van der Waals surface area contributed by atoms with Gasteiger partial charge < -0.3 is 9.88 Å². The minimum atomic E-state index is -0.361. The monoisotopic (exact) mass is 297 g/mol. The predicted molar refractivity (Wildman–Crippen MR) is 81.5 cm³/mol. The van der Waals surface area contributed by atoms with E-state index in [4.69, 9.17) is 0 Å². The second kappa shape index (κ2) is 5.44. The molecule has 0 aliphatic rings. The lowest BCUT2D eigenvalue weighted by molar-refractivity contribution is 0.0943. The van der Waals surface area contributed by atoms with Crippen LogP contribution < -0.4 is 10.9 Å². The van der Waals surface area contributed by atoms with Crippen LogP contribution in [0, 0.1) is 6.92 Å². The maximum Gasteiger partial charge on any atom is 0.272 e. The highest BCUT2D eigenvalue weighted by molar-refractivity contribution is 5.92. The molecule has 0 saturated heterocycles. The van der Waals surface area contributed by atoms with Gasteiger partial charge in [0, 0.05) is 13.1 Å². The van der Waals surface area contributed by atoms with Crippen LogP contribution in [0.2, 0.25) is 0 Å².